The van der Waals surface area contributed by atoms with Gasteiger partial charge < -0.3 is 9.30 Å². The molecule has 4 aromatic rings. The molecule has 1 amide bonds. The minimum atomic E-state index is -0.641. The van der Waals surface area contributed by atoms with Crippen molar-refractivity contribution in [1.29, 1.82) is 0 Å². The number of hydrogen-bond acceptors (Lipinski definition) is 8. The van der Waals surface area contributed by atoms with Gasteiger partial charge in [0, 0.05) is 18.1 Å². The number of carbonyl (C=O) groups is 2. The summed E-state index contributed by atoms with van der Waals surface area (Å²) < 4.78 is 6.89. The third-order valence-electron chi connectivity index (χ3n) is 4.18. The molecule has 0 unspecified atom stereocenters. The largest absolute Gasteiger partial charge is 0.454 e. The number of aromatic nitrogens is 5. The molecule has 0 aliphatic carbocycles. The highest BCUT2D eigenvalue weighted by Crippen LogP contribution is 2.19. The van der Waals surface area contributed by atoms with Gasteiger partial charge in [-0.05, 0) is 29.1 Å². The molecule has 31 heavy (non-hydrogen) atoms. The highest BCUT2D eigenvalue weighted by atomic mass is 32.1. The fraction of sp³-hybridized carbons (Fsp3) is 0.200. The number of rotatable bonds is 7. The van der Waals surface area contributed by atoms with Crippen LogP contribution in [0.25, 0.3) is 10.7 Å². The molecular formula is C20H18N6O3S2. The number of carbonyl (C=O) groups excluding carboxylic acids is 2. The van der Waals surface area contributed by atoms with Gasteiger partial charge in [-0.2, -0.15) is 9.79 Å². The Morgan fingerprint density at radius 1 is 1.13 bits per heavy atom. The number of nitrogens with zero attached hydrogens (tertiary/aromatic N) is 6. The van der Waals surface area contributed by atoms with Crippen LogP contribution in [0.15, 0.2) is 58.3 Å². The maximum atomic E-state index is 12.2. The third-order valence-corrected chi connectivity index (χ3v) is 5.84. The van der Waals surface area contributed by atoms with Crippen molar-refractivity contribution in [3.05, 3.63) is 69.3 Å². The van der Waals surface area contributed by atoms with E-state index in [2.05, 4.69) is 20.4 Å². The quantitative estimate of drug-likeness (QED) is 0.397. The maximum Gasteiger partial charge on any atom is 0.330 e. The Hall–Kier alpha value is -3.44. The molecule has 158 valence electrons. The van der Waals surface area contributed by atoms with Crippen LogP contribution >= 0.6 is 22.7 Å². The minimum absolute atomic E-state index is 0.238. The molecule has 0 spiro atoms. The second-order valence-corrected chi connectivity index (χ2v) is 8.41. The Balaban J connectivity index is 1.32. The standard InChI is InChI=1S/C20H18N6O3S2/c1-14-4-6-15(7-5-14)11-25-8-10-31-20(25)21-17(27)13-29-18(28)12-26-23-19(22-24-26)16-3-2-9-30-16/h2-10H,11-13H2,1H3. The van der Waals surface area contributed by atoms with Crippen LogP contribution < -0.4 is 4.80 Å². The molecule has 1 aromatic carbocycles. The predicted octanol–water partition coefficient (Wildman–Crippen LogP) is 2.29. The molecule has 11 heteroatoms. The number of thiophene rings is 1. The normalized spacial score (nSPS) is 11.6. The van der Waals surface area contributed by atoms with E-state index in [4.69, 9.17) is 4.74 Å². The molecule has 3 heterocycles. The summed E-state index contributed by atoms with van der Waals surface area (Å²) in [6.45, 7) is 1.94. The number of hydrogen-bond donors (Lipinski definition) is 0. The molecule has 0 N–H and O–H groups in total. The van der Waals surface area contributed by atoms with E-state index in [1.165, 1.54) is 28.2 Å². The highest BCUT2D eigenvalue weighted by molar-refractivity contribution is 7.13. The smallest absolute Gasteiger partial charge is 0.330 e. The minimum Gasteiger partial charge on any atom is -0.454 e. The van der Waals surface area contributed by atoms with Crippen LogP contribution in [-0.2, 0) is 27.4 Å². The van der Waals surface area contributed by atoms with Gasteiger partial charge in [0.05, 0.1) is 4.88 Å². The monoisotopic (exact) mass is 454 g/mol. The summed E-state index contributed by atoms with van der Waals surface area (Å²) in [6, 6.07) is 11.9. The fourth-order valence-electron chi connectivity index (χ4n) is 2.65. The molecule has 9 nitrogen and oxygen atoms in total. The summed E-state index contributed by atoms with van der Waals surface area (Å²) in [7, 11) is 0. The van der Waals surface area contributed by atoms with Crippen molar-refractivity contribution in [1.82, 2.24) is 24.8 Å². The Bertz CT molecular complexity index is 1240. The van der Waals surface area contributed by atoms with Crippen LogP contribution in [0.3, 0.4) is 0 Å². The number of tetrazole rings is 1. The zero-order valence-corrected chi connectivity index (χ0v) is 18.2. The lowest BCUT2D eigenvalue weighted by molar-refractivity contribution is -0.148. The Morgan fingerprint density at radius 2 is 1.97 bits per heavy atom. The van der Waals surface area contributed by atoms with Gasteiger partial charge in [-0.1, -0.05) is 35.9 Å². The average Bonchev–Trinajstić information content (AvgIpc) is 3.51. The molecule has 3 aromatic heterocycles. The summed E-state index contributed by atoms with van der Waals surface area (Å²) >= 11 is 2.82. The Kier molecular flexibility index (Phi) is 6.43. The fourth-order valence-corrected chi connectivity index (χ4v) is 4.05. The van der Waals surface area contributed by atoms with Crippen molar-refractivity contribution in [2.75, 3.05) is 6.61 Å². The van der Waals surface area contributed by atoms with Crippen molar-refractivity contribution in [3.8, 4) is 10.7 Å². The van der Waals surface area contributed by atoms with E-state index >= 15 is 0 Å². The van der Waals surface area contributed by atoms with Crippen LogP contribution in [0.2, 0.25) is 0 Å². The lowest BCUT2D eigenvalue weighted by atomic mass is 10.1. The number of ether oxygens (including phenoxy) is 1. The molecule has 0 aliphatic rings. The van der Waals surface area contributed by atoms with Crippen molar-refractivity contribution in [3.63, 3.8) is 0 Å². The average molecular weight is 455 g/mol. The first kappa shape index (κ1) is 20.8. The first-order valence-electron chi connectivity index (χ1n) is 9.31. The summed E-state index contributed by atoms with van der Waals surface area (Å²) in [4.78, 5) is 30.8. The highest BCUT2D eigenvalue weighted by Gasteiger charge is 2.12. The van der Waals surface area contributed by atoms with Gasteiger partial charge in [0.15, 0.2) is 18.0 Å². The van der Waals surface area contributed by atoms with Gasteiger partial charge in [-0.3, -0.25) is 4.79 Å². The predicted molar refractivity (Wildman–Crippen MR) is 115 cm³/mol. The van der Waals surface area contributed by atoms with E-state index in [9.17, 15) is 9.59 Å². The maximum absolute atomic E-state index is 12.2. The molecule has 0 radical (unpaired) electrons. The van der Waals surface area contributed by atoms with E-state index < -0.39 is 18.5 Å². The van der Waals surface area contributed by atoms with Gasteiger partial charge in [0.1, 0.15) is 0 Å². The van der Waals surface area contributed by atoms with Crippen LogP contribution in [-0.4, -0.2) is 43.3 Å². The van der Waals surface area contributed by atoms with Crippen LogP contribution in [0.1, 0.15) is 11.1 Å². The number of thiazole rings is 1. The van der Waals surface area contributed by atoms with E-state index in [1.807, 2.05) is 64.8 Å². The van der Waals surface area contributed by atoms with Gasteiger partial charge in [-0.15, -0.1) is 32.9 Å². The molecule has 0 bridgehead atoms. The molecular weight excluding hydrogens is 436 g/mol. The summed E-state index contributed by atoms with van der Waals surface area (Å²) in [5, 5.41) is 15.6. The lowest BCUT2D eigenvalue weighted by Crippen LogP contribution is -2.22. The van der Waals surface area contributed by atoms with Gasteiger partial charge in [0.2, 0.25) is 5.82 Å². The van der Waals surface area contributed by atoms with E-state index in [-0.39, 0.29) is 6.54 Å². The van der Waals surface area contributed by atoms with E-state index in [1.54, 1.807) is 0 Å². The van der Waals surface area contributed by atoms with Crippen molar-refractivity contribution in [2.24, 2.45) is 4.99 Å². The molecule has 0 atom stereocenters. The van der Waals surface area contributed by atoms with Crippen LogP contribution in [0.5, 0.6) is 0 Å². The zero-order chi connectivity index (χ0) is 21.6. The first-order valence-corrected chi connectivity index (χ1v) is 11.1. The second kappa shape index (κ2) is 9.58. The van der Waals surface area contributed by atoms with E-state index in [0.29, 0.717) is 17.2 Å². The number of esters is 1. The Labute approximate surface area is 185 Å². The molecule has 0 aliphatic heterocycles. The van der Waals surface area contributed by atoms with Gasteiger partial charge in [0.25, 0.3) is 5.91 Å². The van der Waals surface area contributed by atoms with Crippen molar-refractivity contribution >= 4 is 34.6 Å². The molecule has 0 fully saturated rings. The molecule has 0 saturated carbocycles. The first-order chi connectivity index (χ1) is 15.1. The summed E-state index contributed by atoms with van der Waals surface area (Å²) in [5.41, 5.74) is 2.29. The summed E-state index contributed by atoms with van der Waals surface area (Å²) in [5.74, 6) is -0.749. The van der Waals surface area contributed by atoms with Gasteiger partial charge in [-0.25, -0.2) is 4.79 Å². The van der Waals surface area contributed by atoms with Crippen LogP contribution in [0, 0.1) is 6.92 Å². The summed E-state index contributed by atoms with van der Waals surface area (Å²) in [6.07, 6.45) is 1.87. The van der Waals surface area contributed by atoms with Crippen molar-refractivity contribution < 1.29 is 14.3 Å². The topological polar surface area (TPSA) is 104 Å². The zero-order valence-electron chi connectivity index (χ0n) is 16.5. The third kappa shape index (κ3) is 5.58. The lowest BCUT2D eigenvalue weighted by Gasteiger charge is -2.04. The molecule has 0 saturated heterocycles. The number of aryl methyl sites for hydroxylation is 1. The Morgan fingerprint density at radius 3 is 2.74 bits per heavy atom. The number of benzene rings is 1. The second-order valence-electron chi connectivity index (χ2n) is 6.59. The van der Waals surface area contributed by atoms with Gasteiger partial charge >= 0.3 is 5.97 Å². The van der Waals surface area contributed by atoms with Crippen LogP contribution in [0.4, 0.5) is 0 Å². The van der Waals surface area contributed by atoms with Crippen molar-refractivity contribution in [2.45, 2.75) is 20.0 Å². The number of amides is 1. The van der Waals surface area contributed by atoms with E-state index in [0.717, 1.165) is 15.2 Å². The molecule has 4 rings (SSSR count). The SMILES string of the molecule is Cc1ccc(Cn2ccsc2=NC(=O)COC(=O)Cn2nnc(-c3cccs3)n2)cc1.